The molecule has 3 saturated heterocycles. The molecule has 282 valence electrons. The molecule has 50 heavy (non-hydrogen) atoms. The van der Waals surface area contributed by atoms with Gasteiger partial charge in [-0.1, -0.05) is 32.1 Å². The van der Waals surface area contributed by atoms with E-state index >= 15 is 0 Å². The van der Waals surface area contributed by atoms with Crippen LogP contribution in [0.15, 0.2) is 23.8 Å². The molecule has 0 spiro atoms. The van der Waals surface area contributed by atoms with Crippen molar-refractivity contribution in [2.75, 3.05) is 21.3 Å². The first-order chi connectivity index (χ1) is 24.1. The molecule has 11 nitrogen and oxygen atoms in total. The van der Waals surface area contributed by atoms with Crippen molar-refractivity contribution in [1.82, 2.24) is 0 Å². The Labute approximate surface area is 297 Å². The van der Waals surface area contributed by atoms with Gasteiger partial charge in [-0.25, -0.2) is 0 Å². The highest BCUT2D eigenvalue weighted by molar-refractivity contribution is 5.99. The maximum Gasteiger partial charge on any atom is 0.306 e. The Kier molecular flexibility index (Phi) is 12.6. The molecule has 3 heterocycles. The van der Waals surface area contributed by atoms with Gasteiger partial charge in [-0.2, -0.15) is 0 Å². The molecule has 17 atom stereocenters. The lowest BCUT2D eigenvalue weighted by molar-refractivity contribution is -0.314. The first-order valence-electron chi connectivity index (χ1n) is 19.1. The largest absolute Gasteiger partial charge is 0.462 e. The van der Waals surface area contributed by atoms with E-state index in [-0.39, 0.29) is 90.5 Å². The SMILES string of the molecule is CC[C@H]1CCC[C@@H](O[C@H]2CC[C@H](O)[C@@H](C)O2)[C@@H](C)C(=O)C2=C[C@@H]3[C@@H](C=C[C@@H]4C[C@@H](O[C@@H]5O[C@@H](C)[C@H](OC)[C@@H](OC)[C@H]5OC)C[C@@H]34)[C@@H]2CC(=O)O1. The molecule has 1 saturated carbocycles. The van der Waals surface area contributed by atoms with Gasteiger partial charge in [0.05, 0.1) is 36.9 Å². The van der Waals surface area contributed by atoms with Crippen molar-refractivity contribution in [2.24, 2.45) is 35.5 Å². The number of aliphatic hydroxyl groups excluding tert-OH is 1. The van der Waals surface area contributed by atoms with Gasteiger partial charge in [0.2, 0.25) is 0 Å². The Balaban J connectivity index is 1.21. The Morgan fingerprint density at radius 2 is 1.60 bits per heavy atom. The summed E-state index contributed by atoms with van der Waals surface area (Å²) in [6.07, 6.45) is 8.82. The minimum Gasteiger partial charge on any atom is -0.462 e. The zero-order valence-electron chi connectivity index (χ0n) is 30.9. The Hall–Kier alpha value is -1.70. The number of carbonyl (C=O) groups excluding carboxylic acids is 2. The number of cyclic esters (lactones) is 1. The third-order valence-corrected chi connectivity index (χ3v) is 12.6. The van der Waals surface area contributed by atoms with Crippen LogP contribution < -0.4 is 0 Å². The van der Waals surface area contributed by atoms with E-state index in [0.717, 1.165) is 37.7 Å². The lowest BCUT2D eigenvalue weighted by atomic mass is 9.70. The second kappa shape index (κ2) is 16.5. The molecular formula is C39H60O11. The third kappa shape index (κ3) is 7.81. The molecule has 0 unspecified atom stereocenters. The van der Waals surface area contributed by atoms with Crippen LogP contribution in [0, 0.1) is 35.5 Å². The number of ketones is 1. The number of Topliss-reactive ketones (excluding diaryl/α,β-unsaturated/α-hetero) is 1. The average Bonchev–Trinajstić information content (AvgIpc) is 3.68. The Morgan fingerprint density at radius 1 is 0.840 bits per heavy atom. The van der Waals surface area contributed by atoms with Crippen molar-refractivity contribution in [1.29, 1.82) is 0 Å². The molecule has 0 aromatic heterocycles. The monoisotopic (exact) mass is 704 g/mol. The van der Waals surface area contributed by atoms with Crippen molar-refractivity contribution >= 4 is 11.8 Å². The number of allylic oxidation sites excluding steroid dienone is 4. The predicted molar refractivity (Wildman–Crippen MR) is 183 cm³/mol. The van der Waals surface area contributed by atoms with E-state index < -0.39 is 30.7 Å². The normalized spacial score (nSPS) is 47.0. The minimum absolute atomic E-state index is 0.0260. The first-order valence-corrected chi connectivity index (χ1v) is 19.1. The fourth-order valence-corrected chi connectivity index (χ4v) is 9.72. The topological polar surface area (TPSA) is 128 Å². The standard InChI is InChI=1S/C39H60O11/c1-8-24-10-9-11-32(50-34-15-14-31(40)21(3)46-34)20(2)35(42)30-18-28-26(29(30)19-33(41)48-24)13-12-23-16-25(17-27(23)28)49-39-38(45-7)37(44-6)36(43-5)22(4)47-39/h12-13,18,20-29,31-32,34,36-40H,8-11,14-17,19H2,1-7H3/t20-,21-,22+,23-,24+,25-,26-,27-,28-,29+,31+,32-,34+,36+,37-,38-,39+/m1/s1. The van der Waals surface area contributed by atoms with Gasteiger partial charge < -0.3 is 43.0 Å². The first kappa shape index (κ1) is 38.0. The Bertz CT molecular complexity index is 1240. The van der Waals surface area contributed by atoms with Crippen LogP contribution in [0.3, 0.4) is 0 Å². The highest BCUT2D eigenvalue weighted by Gasteiger charge is 2.52. The van der Waals surface area contributed by atoms with Crippen molar-refractivity contribution in [3.63, 3.8) is 0 Å². The molecule has 6 aliphatic rings. The lowest BCUT2D eigenvalue weighted by Gasteiger charge is -2.44. The van der Waals surface area contributed by atoms with Gasteiger partial charge in [0, 0.05) is 39.6 Å². The van der Waals surface area contributed by atoms with Gasteiger partial charge in [0.15, 0.2) is 18.4 Å². The maximum atomic E-state index is 14.5. The van der Waals surface area contributed by atoms with Crippen molar-refractivity contribution in [3.05, 3.63) is 23.8 Å². The number of methoxy groups -OCH3 is 3. The maximum absolute atomic E-state index is 14.5. The highest BCUT2D eigenvalue weighted by Crippen LogP contribution is 2.54. The molecule has 0 radical (unpaired) electrons. The fourth-order valence-electron chi connectivity index (χ4n) is 9.72. The zero-order chi connectivity index (χ0) is 35.7. The van der Waals surface area contributed by atoms with Crippen LogP contribution in [-0.4, -0.2) is 106 Å². The summed E-state index contributed by atoms with van der Waals surface area (Å²) in [6, 6.07) is 0. The number of esters is 1. The van der Waals surface area contributed by atoms with Crippen molar-refractivity contribution < 1.29 is 52.6 Å². The van der Waals surface area contributed by atoms with E-state index in [1.54, 1.807) is 21.3 Å². The molecule has 3 aliphatic carbocycles. The molecule has 6 rings (SSSR count). The number of fused-ring (bicyclic) bond motifs is 5. The van der Waals surface area contributed by atoms with Gasteiger partial charge in [-0.05, 0) is 88.0 Å². The van der Waals surface area contributed by atoms with E-state index in [9.17, 15) is 14.7 Å². The van der Waals surface area contributed by atoms with E-state index in [0.29, 0.717) is 19.3 Å². The smallest absolute Gasteiger partial charge is 0.306 e. The van der Waals surface area contributed by atoms with Gasteiger partial charge in [0.25, 0.3) is 0 Å². The second-order valence-electron chi connectivity index (χ2n) is 15.5. The van der Waals surface area contributed by atoms with Crippen LogP contribution in [0.2, 0.25) is 0 Å². The van der Waals surface area contributed by atoms with Gasteiger partial charge in [0.1, 0.15) is 24.4 Å². The van der Waals surface area contributed by atoms with E-state index in [4.69, 9.17) is 37.9 Å². The number of rotatable bonds is 8. The summed E-state index contributed by atoms with van der Waals surface area (Å²) >= 11 is 0. The summed E-state index contributed by atoms with van der Waals surface area (Å²) < 4.78 is 48.9. The van der Waals surface area contributed by atoms with E-state index in [1.807, 2.05) is 27.7 Å². The molecule has 3 aliphatic heterocycles. The Morgan fingerprint density at radius 3 is 2.30 bits per heavy atom. The van der Waals surface area contributed by atoms with Crippen LogP contribution in [0.25, 0.3) is 0 Å². The van der Waals surface area contributed by atoms with Gasteiger partial charge >= 0.3 is 5.97 Å². The highest BCUT2D eigenvalue weighted by atomic mass is 16.7. The summed E-state index contributed by atoms with van der Waals surface area (Å²) in [7, 11) is 4.95. The van der Waals surface area contributed by atoms with Crippen LogP contribution in [0.1, 0.15) is 85.5 Å². The fraction of sp³-hybridized carbons (Fsp3) is 0.846. The summed E-state index contributed by atoms with van der Waals surface area (Å²) in [4.78, 5) is 28.0. The number of ether oxygens (including phenoxy) is 8. The number of aliphatic hydroxyl groups is 1. The lowest BCUT2D eigenvalue weighted by Crippen LogP contribution is -2.59. The third-order valence-electron chi connectivity index (χ3n) is 12.6. The molecule has 0 aromatic carbocycles. The number of carbonyl (C=O) groups is 2. The molecule has 4 fully saturated rings. The van der Waals surface area contributed by atoms with E-state index in [1.165, 1.54) is 0 Å². The average molecular weight is 705 g/mol. The molecule has 0 bridgehead atoms. The van der Waals surface area contributed by atoms with Gasteiger partial charge in [-0.15, -0.1) is 0 Å². The van der Waals surface area contributed by atoms with Crippen LogP contribution in [-0.2, 0) is 47.5 Å². The van der Waals surface area contributed by atoms with Crippen molar-refractivity contribution in [2.45, 2.75) is 153 Å². The summed E-state index contributed by atoms with van der Waals surface area (Å²) in [5, 5.41) is 10.2. The summed E-state index contributed by atoms with van der Waals surface area (Å²) in [6.45, 7) is 7.83. The summed E-state index contributed by atoms with van der Waals surface area (Å²) in [5.74, 6) is -0.184. The predicted octanol–water partition coefficient (Wildman–Crippen LogP) is 4.92. The van der Waals surface area contributed by atoms with E-state index in [2.05, 4.69) is 18.2 Å². The molecule has 11 heteroatoms. The number of hydrogen-bond acceptors (Lipinski definition) is 11. The number of hydrogen-bond donors (Lipinski definition) is 1. The quantitative estimate of drug-likeness (QED) is 0.273. The molecule has 0 amide bonds. The molecular weight excluding hydrogens is 644 g/mol. The van der Waals surface area contributed by atoms with Gasteiger partial charge in [-0.3, -0.25) is 9.59 Å². The van der Waals surface area contributed by atoms with Crippen LogP contribution in [0.5, 0.6) is 0 Å². The van der Waals surface area contributed by atoms with Crippen molar-refractivity contribution in [3.8, 4) is 0 Å². The van der Waals surface area contributed by atoms with Crippen LogP contribution in [0.4, 0.5) is 0 Å². The summed E-state index contributed by atoms with van der Waals surface area (Å²) in [5.41, 5.74) is 0.729. The second-order valence-corrected chi connectivity index (χ2v) is 15.5. The minimum atomic E-state index is -0.603. The van der Waals surface area contributed by atoms with Crippen LogP contribution >= 0.6 is 0 Å². The molecule has 1 N–H and O–H groups in total. The molecule has 0 aromatic rings. The zero-order valence-corrected chi connectivity index (χ0v) is 30.9.